The highest BCUT2D eigenvalue weighted by molar-refractivity contribution is 5.57. The number of ether oxygens (including phenoxy) is 1. The standard InChI is InChI=1S/C13H14O2/c1-15-13-8-6-10-5-7-12(14)4-2-3-11(10)9-13/h2-3,6-9,14H,4-5H2,1H3. The molecule has 78 valence electrons. The average Bonchev–Trinajstić information content (AvgIpc) is 2.24. The van der Waals surface area contributed by atoms with Gasteiger partial charge < -0.3 is 9.84 Å². The summed E-state index contributed by atoms with van der Waals surface area (Å²) in [6.45, 7) is 0. The van der Waals surface area contributed by atoms with Gasteiger partial charge in [-0.2, -0.15) is 0 Å². The SMILES string of the molecule is COc1ccc2c(c1)C=CCC(O)=CC2. The highest BCUT2D eigenvalue weighted by Crippen LogP contribution is 2.22. The third-order valence-electron chi connectivity index (χ3n) is 2.54. The Kier molecular flexibility index (Phi) is 2.77. The van der Waals surface area contributed by atoms with Gasteiger partial charge in [0.15, 0.2) is 0 Å². The average molecular weight is 202 g/mol. The van der Waals surface area contributed by atoms with Crippen molar-refractivity contribution < 1.29 is 9.84 Å². The molecule has 1 aliphatic carbocycles. The number of fused-ring (bicyclic) bond motifs is 1. The number of aliphatic hydroxyl groups excluding tert-OH is 1. The fourth-order valence-electron chi connectivity index (χ4n) is 1.66. The number of methoxy groups -OCH3 is 1. The van der Waals surface area contributed by atoms with Crippen LogP contribution < -0.4 is 4.74 Å². The Morgan fingerprint density at radius 1 is 1.27 bits per heavy atom. The van der Waals surface area contributed by atoms with E-state index in [1.165, 1.54) is 5.56 Å². The molecule has 1 aromatic carbocycles. The van der Waals surface area contributed by atoms with E-state index in [0.29, 0.717) is 12.2 Å². The lowest BCUT2D eigenvalue weighted by atomic mass is 10.0. The Labute approximate surface area is 89.5 Å². The first-order chi connectivity index (χ1) is 7.29. The second-order valence-electron chi connectivity index (χ2n) is 3.57. The number of rotatable bonds is 1. The molecule has 0 atom stereocenters. The Bertz CT molecular complexity index is 417. The van der Waals surface area contributed by atoms with Gasteiger partial charge in [0.05, 0.1) is 12.9 Å². The second-order valence-corrected chi connectivity index (χ2v) is 3.57. The van der Waals surface area contributed by atoms with Gasteiger partial charge in [-0.3, -0.25) is 0 Å². The van der Waals surface area contributed by atoms with Crippen LogP contribution in [-0.2, 0) is 6.42 Å². The third-order valence-corrected chi connectivity index (χ3v) is 2.54. The number of hydrogen-bond acceptors (Lipinski definition) is 2. The fourth-order valence-corrected chi connectivity index (χ4v) is 1.66. The Balaban J connectivity index is 2.40. The van der Waals surface area contributed by atoms with E-state index < -0.39 is 0 Å². The quantitative estimate of drug-likeness (QED) is 0.758. The molecule has 0 saturated heterocycles. The molecule has 0 spiro atoms. The van der Waals surface area contributed by atoms with Crippen LogP contribution in [0.3, 0.4) is 0 Å². The normalized spacial score (nSPS) is 14.9. The van der Waals surface area contributed by atoms with Gasteiger partial charge in [-0.15, -0.1) is 0 Å². The molecule has 0 unspecified atom stereocenters. The molecule has 0 saturated carbocycles. The molecule has 2 rings (SSSR count). The second kappa shape index (κ2) is 4.22. The molecule has 1 N–H and O–H groups in total. The highest BCUT2D eigenvalue weighted by Gasteiger charge is 2.03. The molecule has 0 aliphatic heterocycles. The number of hydrogen-bond donors (Lipinski definition) is 1. The maximum Gasteiger partial charge on any atom is 0.119 e. The van der Waals surface area contributed by atoms with Crippen molar-refractivity contribution in [2.45, 2.75) is 12.8 Å². The van der Waals surface area contributed by atoms with Crippen LogP contribution in [0.2, 0.25) is 0 Å². The molecule has 0 radical (unpaired) electrons. The van der Waals surface area contributed by atoms with Crippen molar-refractivity contribution in [3.63, 3.8) is 0 Å². The van der Waals surface area contributed by atoms with Gasteiger partial charge >= 0.3 is 0 Å². The van der Waals surface area contributed by atoms with Crippen LogP contribution >= 0.6 is 0 Å². The van der Waals surface area contributed by atoms with Crippen LogP contribution in [0, 0.1) is 0 Å². The maximum atomic E-state index is 9.43. The molecule has 0 heterocycles. The zero-order valence-electron chi connectivity index (χ0n) is 8.73. The van der Waals surface area contributed by atoms with Crippen LogP contribution in [0.15, 0.2) is 36.1 Å². The maximum absolute atomic E-state index is 9.43. The molecule has 0 amide bonds. The summed E-state index contributed by atoms with van der Waals surface area (Å²) in [5.74, 6) is 1.31. The minimum atomic E-state index is 0.438. The van der Waals surface area contributed by atoms with E-state index in [4.69, 9.17) is 4.74 Å². The molecule has 1 aromatic rings. The third kappa shape index (κ3) is 2.21. The first kappa shape index (κ1) is 9.84. The smallest absolute Gasteiger partial charge is 0.119 e. The van der Waals surface area contributed by atoms with E-state index >= 15 is 0 Å². The molecule has 0 fully saturated rings. The van der Waals surface area contributed by atoms with Crippen molar-refractivity contribution in [1.82, 2.24) is 0 Å². The van der Waals surface area contributed by atoms with E-state index in [1.807, 2.05) is 36.4 Å². The van der Waals surface area contributed by atoms with Crippen molar-refractivity contribution in [2.75, 3.05) is 7.11 Å². The Hall–Kier alpha value is -1.70. The van der Waals surface area contributed by atoms with Gasteiger partial charge in [-0.25, -0.2) is 0 Å². The number of aliphatic hydroxyl groups is 1. The topological polar surface area (TPSA) is 29.5 Å². The van der Waals surface area contributed by atoms with Gasteiger partial charge in [0.2, 0.25) is 0 Å². The van der Waals surface area contributed by atoms with Crippen LogP contribution in [0.25, 0.3) is 6.08 Å². The monoisotopic (exact) mass is 202 g/mol. The van der Waals surface area contributed by atoms with Crippen LogP contribution in [-0.4, -0.2) is 12.2 Å². The minimum Gasteiger partial charge on any atom is -0.512 e. The van der Waals surface area contributed by atoms with Crippen LogP contribution in [0.4, 0.5) is 0 Å². The lowest BCUT2D eigenvalue weighted by Gasteiger charge is -2.09. The summed E-state index contributed by atoms with van der Waals surface area (Å²) in [4.78, 5) is 0. The molecular weight excluding hydrogens is 188 g/mol. The van der Waals surface area contributed by atoms with Gasteiger partial charge in [-0.05, 0) is 35.8 Å². The molecule has 2 heteroatoms. The fraction of sp³-hybridized carbons (Fsp3) is 0.231. The van der Waals surface area contributed by atoms with E-state index in [0.717, 1.165) is 17.7 Å². The molecule has 15 heavy (non-hydrogen) atoms. The minimum absolute atomic E-state index is 0.438. The zero-order chi connectivity index (χ0) is 10.7. The van der Waals surface area contributed by atoms with Crippen molar-refractivity contribution in [1.29, 1.82) is 0 Å². The predicted octanol–water partition coefficient (Wildman–Crippen LogP) is 3.10. The van der Waals surface area contributed by atoms with E-state index in [1.54, 1.807) is 7.11 Å². The summed E-state index contributed by atoms with van der Waals surface area (Å²) < 4.78 is 5.17. The summed E-state index contributed by atoms with van der Waals surface area (Å²) in [6.07, 6.45) is 7.23. The van der Waals surface area contributed by atoms with Gasteiger partial charge in [-0.1, -0.05) is 18.2 Å². The first-order valence-electron chi connectivity index (χ1n) is 5.01. The summed E-state index contributed by atoms with van der Waals surface area (Å²) >= 11 is 0. The molecular formula is C13H14O2. The zero-order valence-corrected chi connectivity index (χ0v) is 8.73. The number of allylic oxidation sites excluding steroid dienone is 2. The van der Waals surface area contributed by atoms with E-state index in [2.05, 4.69) is 0 Å². The predicted molar refractivity (Wildman–Crippen MR) is 61.1 cm³/mol. The lowest BCUT2D eigenvalue weighted by Crippen LogP contribution is -1.93. The summed E-state index contributed by atoms with van der Waals surface area (Å²) in [5.41, 5.74) is 2.37. The molecule has 2 nitrogen and oxygen atoms in total. The van der Waals surface area contributed by atoms with Gasteiger partial charge in [0.25, 0.3) is 0 Å². The van der Waals surface area contributed by atoms with E-state index in [-0.39, 0.29) is 0 Å². The van der Waals surface area contributed by atoms with Crippen molar-refractivity contribution in [3.8, 4) is 5.75 Å². The van der Waals surface area contributed by atoms with Crippen molar-refractivity contribution >= 4 is 6.08 Å². The summed E-state index contributed by atoms with van der Waals surface area (Å²) in [7, 11) is 1.67. The highest BCUT2D eigenvalue weighted by atomic mass is 16.5. The van der Waals surface area contributed by atoms with Crippen LogP contribution in [0.5, 0.6) is 5.75 Å². The van der Waals surface area contributed by atoms with Gasteiger partial charge in [0, 0.05) is 6.42 Å². The largest absolute Gasteiger partial charge is 0.512 e. The summed E-state index contributed by atoms with van der Waals surface area (Å²) in [6, 6.07) is 5.99. The molecule has 1 aliphatic rings. The van der Waals surface area contributed by atoms with E-state index in [9.17, 15) is 5.11 Å². The number of benzene rings is 1. The Morgan fingerprint density at radius 2 is 2.13 bits per heavy atom. The van der Waals surface area contributed by atoms with Gasteiger partial charge in [0.1, 0.15) is 5.75 Å². The summed E-state index contributed by atoms with van der Waals surface area (Å²) in [5, 5.41) is 9.43. The molecule has 0 bridgehead atoms. The van der Waals surface area contributed by atoms with Crippen LogP contribution in [0.1, 0.15) is 17.5 Å². The van der Waals surface area contributed by atoms with Crippen molar-refractivity contribution in [2.24, 2.45) is 0 Å². The Morgan fingerprint density at radius 3 is 2.93 bits per heavy atom. The van der Waals surface area contributed by atoms with Crippen molar-refractivity contribution in [3.05, 3.63) is 47.2 Å². The first-order valence-corrected chi connectivity index (χ1v) is 5.01. The lowest BCUT2D eigenvalue weighted by molar-refractivity contribution is 0.399. The molecule has 0 aromatic heterocycles.